The van der Waals surface area contributed by atoms with Crippen molar-refractivity contribution in [1.29, 1.82) is 0 Å². The molecule has 0 aromatic heterocycles. The van der Waals surface area contributed by atoms with E-state index in [9.17, 15) is 5.11 Å². The molecule has 1 aromatic rings. The number of hydrogen-bond acceptors (Lipinski definition) is 7. The van der Waals surface area contributed by atoms with Crippen LogP contribution in [0.1, 0.15) is 12.5 Å². The Hall–Kier alpha value is -2.32. The van der Waals surface area contributed by atoms with Crippen LogP contribution in [0.15, 0.2) is 23.2 Å². The van der Waals surface area contributed by atoms with Gasteiger partial charge in [-0.25, -0.2) is 4.99 Å². The SMILES string of the molecule is CC(=O)O.COCCOCCOc1ccc(O)c(C2=NCCO2)c1. The zero-order valence-electron chi connectivity index (χ0n) is 13.9. The molecule has 2 N–H and O–H groups in total. The zero-order chi connectivity index (χ0) is 17.8. The first kappa shape index (κ1) is 19.7. The Bertz CT molecular complexity index is 541. The molecule has 0 aliphatic carbocycles. The summed E-state index contributed by atoms with van der Waals surface area (Å²) < 4.78 is 21.1. The van der Waals surface area contributed by atoms with Crippen LogP contribution in [0.2, 0.25) is 0 Å². The Kier molecular flexibility index (Phi) is 9.25. The highest BCUT2D eigenvalue weighted by Crippen LogP contribution is 2.25. The molecule has 0 bridgehead atoms. The van der Waals surface area contributed by atoms with Crippen molar-refractivity contribution in [2.45, 2.75) is 6.92 Å². The summed E-state index contributed by atoms with van der Waals surface area (Å²) in [7, 11) is 1.63. The summed E-state index contributed by atoms with van der Waals surface area (Å²) in [5.74, 6) is 0.407. The van der Waals surface area contributed by atoms with E-state index < -0.39 is 5.97 Å². The number of rotatable bonds is 8. The van der Waals surface area contributed by atoms with E-state index in [1.807, 2.05) is 0 Å². The van der Waals surface area contributed by atoms with Gasteiger partial charge in [0.2, 0.25) is 5.90 Å². The van der Waals surface area contributed by atoms with Gasteiger partial charge >= 0.3 is 0 Å². The van der Waals surface area contributed by atoms with E-state index in [-0.39, 0.29) is 5.75 Å². The number of methoxy groups -OCH3 is 1. The van der Waals surface area contributed by atoms with Gasteiger partial charge in [0.15, 0.2) is 0 Å². The van der Waals surface area contributed by atoms with Gasteiger partial charge in [0.05, 0.1) is 31.9 Å². The third-order valence-corrected chi connectivity index (χ3v) is 2.71. The summed E-state index contributed by atoms with van der Waals surface area (Å²) in [5, 5.41) is 17.2. The highest BCUT2D eigenvalue weighted by Gasteiger charge is 2.15. The second kappa shape index (κ2) is 11.3. The van der Waals surface area contributed by atoms with E-state index in [1.165, 1.54) is 0 Å². The Balaban J connectivity index is 0.000000648. The van der Waals surface area contributed by atoms with Crippen molar-refractivity contribution in [2.75, 3.05) is 46.7 Å². The number of aromatic hydroxyl groups is 1. The second-order valence-corrected chi connectivity index (χ2v) is 4.69. The van der Waals surface area contributed by atoms with Gasteiger partial charge in [-0.15, -0.1) is 0 Å². The van der Waals surface area contributed by atoms with E-state index in [2.05, 4.69) is 4.99 Å². The molecule has 0 atom stereocenters. The molecule has 24 heavy (non-hydrogen) atoms. The van der Waals surface area contributed by atoms with Crippen molar-refractivity contribution < 1.29 is 34.0 Å². The lowest BCUT2D eigenvalue weighted by Gasteiger charge is -2.10. The summed E-state index contributed by atoms with van der Waals surface area (Å²) in [4.78, 5) is 13.2. The molecule has 8 heteroatoms. The third kappa shape index (κ3) is 7.80. The van der Waals surface area contributed by atoms with Gasteiger partial charge < -0.3 is 29.2 Å². The maximum atomic E-state index is 9.81. The first-order valence-corrected chi connectivity index (χ1v) is 7.44. The van der Waals surface area contributed by atoms with Gasteiger partial charge in [0.25, 0.3) is 5.97 Å². The van der Waals surface area contributed by atoms with E-state index >= 15 is 0 Å². The highest BCUT2D eigenvalue weighted by atomic mass is 16.5. The number of carboxylic acid groups (broad SMARTS) is 1. The van der Waals surface area contributed by atoms with Gasteiger partial charge in [-0.05, 0) is 18.2 Å². The van der Waals surface area contributed by atoms with E-state index in [0.717, 1.165) is 6.92 Å². The minimum atomic E-state index is -0.833. The number of phenolic OH excluding ortho intramolecular Hbond substituents is 1. The zero-order valence-corrected chi connectivity index (χ0v) is 13.9. The number of phenols is 1. The van der Waals surface area contributed by atoms with Crippen LogP contribution in [0.25, 0.3) is 0 Å². The third-order valence-electron chi connectivity index (χ3n) is 2.71. The summed E-state index contributed by atoms with van der Waals surface area (Å²) in [6.07, 6.45) is 0. The summed E-state index contributed by atoms with van der Waals surface area (Å²) in [6.45, 7) is 4.28. The number of benzene rings is 1. The Morgan fingerprint density at radius 2 is 2.00 bits per heavy atom. The van der Waals surface area contributed by atoms with Crippen LogP contribution >= 0.6 is 0 Å². The lowest BCUT2D eigenvalue weighted by molar-refractivity contribution is -0.134. The molecule has 134 valence electrons. The molecular weight excluding hydrogens is 318 g/mol. The van der Waals surface area contributed by atoms with Crippen molar-refractivity contribution in [1.82, 2.24) is 0 Å². The molecule has 0 saturated heterocycles. The van der Waals surface area contributed by atoms with Crippen LogP contribution in [0.4, 0.5) is 0 Å². The fourth-order valence-corrected chi connectivity index (χ4v) is 1.74. The molecule has 2 rings (SSSR count). The number of carboxylic acids is 1. The van der Waals surface area contributed by atoms with Gasteiger partial charge in [-0.3, -0.25) is 4.79 Å². The summed E-state index contributed by atoms with van der Waals surface area (Å²) in [5.41, 5.74) is 0.556. The van der Waals surface area contributed by atoms with Crippen LogP contribution in [-0.2, 0) is 19.0 Å². The van der Waals surface area contributed by atoms with E-state index in [1.54, 1.807) is 25.3 Å². The molecule has 0 fully saturated rings. The van der Waals surface area contributed by atoms with Crippen molar-refractivity contribution in [2.24, 2.45) is 4.99 Å². The molecule has 8 nitrogen and oxygen atoms in total. The van der Waals surface area contributed by atoms with Crippen LogP contribution in [0.5, 0.6) is 11.5 Å². The number of hydrogen-bond donors (Lipinski definition) is 2. The first-order chi connectivity index (χ1) is 11.5. The predicted molar refractivity (Wildman–Crippen MR) is 87.0 cm³/mol. The van der Waals surface area contributed by atoms with Gasteiger partial charge in [0.1, 0.15) is 24.7 Å². The monoisotopic (exact) mass is 341 g/mol. The van der Waals surface area contributed by atoms with Crippen molar-refractivity contribution in [3.05, 3.63) is 23.8 Å². The number of ether oxygens (including phenoxy) is 4. The number of aliphatic carboxylic acids is 1. The average Bonchev–Trinajstić information content (AvgIpc) is 3.06. The molecule has 1 aliphatic rings. The molecule has 0 radical (unpaired) electrons. The van der Waals surface area contributed by atoms with Crippen LogP contribution < -0.4 is 4.74 Å². The maximum absolute atomic E-state index is 9.81. The van der Waals surface area contributed by atoms with Crippen molar-refractivity contribution >= 4 is 11.9 Å². The second-order valence-electron chi connectivity index (χ2n) is 4.69. The molecule has 0 unspecified atom stereocenters. The van der Waals surface area contributed by atoms with E-state index in [0.29, 0.717) is 56.8 Å². The van der Waals surface area contributed by atoms with E-state index in [4.69, 9.17) is 28.8 Å². The lowest BCUT2D eigenvalue weighted by atomic mass is 10.2. The molecule has 0 spiro atoms. The quantitative estimate of drug-likeness (QED) is 0.686. The van der Waals surface area contributed by atoms with Crippen LogP contribution in [0, 0.1) is 0 Å². The summed E-state index contributed by atoms with van der Waals surface area (Å²) in [6, 6.07) is 4.98. The number of aliphatic imine (C=N–C) groups is 1. The van der Waals surface area contributed by atoms with Gasteiger partial charge in [0, 0.05) is 14.0 Å². The Morgan fingerprint density at radius 3 is 2.62 bits per heavy atom. The van der Waals surface area contributed by atoms with Crippen molar-refractivity contribution in [3.63, 3.8) is 0 Å². The molecule has 1 aromatic carbocycles. The predicted octanol–water partition coefficient (Wildman–Crippen LogP) is 1.30. The van der Waals surface area contributed by atoms with Gasteiger partial charge in [-0.2, -0.15) is 0 Å². The fourth-order valence-electron chi connectivity index (χ4n) is 1.74. The minimum absolute atomic E-state index is 0.134. The molecule has 1 aliphatic heterocycles. The number of carbonyl (C=O) groups is 1. The Morgan fingerprint density at radius 1 is 1.29 bits per heavy atom. The maximum Gasteiger partial charge on any atom is 0.300 e. The molecule has 1 heterocycles. The summed E-state index contributed by atoms with van der Waals surface area (Å²) >= 11 is 0. The topological polar surface area (TPSA) is 107 Å². The van der Waals surface area contributed by atoms with Crippen molar-refractivity contribution in [3.8, 4) is 11.5 Å². The molecular formula is C16H23NO7. The van der Waals surface area contributed by atoms with Crippen LogP contribution in [0.3, 0.4) is 0 Å². The minimum Gasteiger partial charge on any atom is -0.507 e. The smallest absolute Gasteiger partial charge is 0.300 e. The van der Waals surface area contributed by atoms with Crippen LogP contribution in [-0.4, -0.2) is 68.8 Å². The average molecular weight is 341 g/mol. The molecule has 0 saturated carbocycles. The first-order valence-electron chi connectivity index (χ1n) is 7.44. The lowest BCUT2D eigenvalue weighted by Crippen LogP contribution is -2.10. The highest BCUT2D eigenvalue weighted by molar-refractivity contribution is 5.97. The van der Waals surface area contributed by atoms with Gasteiger partial charge in [-0.1, -0.05) is 0 Å². The molecule has 0 amide bonds. The number of nitrogens with zero attached hydrogens (tertiary/aromatic N) is 1. The normalized spacial score (nSPS) is 12.7. The fraction of sp³-hybridized carbons (Fsp3) is 0.500. The standard InChI is InChI=1S/C14H19NO5.C2H4O2/c1-17-6-7-18-8-9-19-11-2-3-13(16)12(10-11)14-15-4-5-20-14;1-2(3)4/h2-3,10,16H,4-9H2,1H3;1H3,(H,3,4). The Labute approximate surface area is 140 Å². The largest absolute Gasteiger partial charge is 0.507 e.